The van der Waals surface area contributed by atoms with Crippen LogP contribution in [0.4, 0.5) is 5.69 Å². The van der Waals surface area contributed by atoms with Gasteiger partial charge in [0.05, 0.1) is 0 Å². The fourth-order valence-corrected chi connectivity index (χ4v) is 1.41. The van der Waals surface area contributed by atoms with Crippen LogP contribution >= 0.6 is 0 Å². The van der Waals surface area contributed by atoms with Gasteiger partial charge in [0.25, 0.3) is 0 Å². The Kier molecular flexibility index (Phi) is 1.96. The second-order valence-corrected chi connectivity index (χ2v) is 3.36. The van der Waals surface area contributed by atoms with E-state index in [1.807, 2.05) is 36.7 Å². The summed E-state index contributed by atoms with van der Waals surface area (Å²) in [6.07, 6.45) is 1.66. The van der Waals surface area contributed by atoms with Crippen molar-refractivity contribution in [3.05, 3.63) is 30.1 Å². The average Bonchev–Trinajstić information content (AvgIpc) is 2.52. The summed E-state index contributed by atoms with van der Waals surface area (Å²) >= 11 is 0. The van der Waals surface area contributed by atoms with Gasteiger partial charge in [-0.05, 0) is 24.6 Å². The van der Waals surface area contributed by atoms with Gasteiger partial charge < -0.3 is 10.3 Å². The number of aromatic nitrogens is 3. The lowest BCUT2D eigenvalue weighted by Crippen LogP contribution is -1.96. The van der Waals surface area contributed by atoms with E-state index in [-0.39, 0.29) is 0 Å². The molecule has 2 aromatic rings. The molecular formula is C10H12N4. The van der Waals surface area contributed by atoms with Crippen LogP contribution in [0.5, 0.6) is 0 Å². The highest BCUT2D eigenvalue weighted by molar-refractivity contribution is 5.72. The number of hydrogen-bond donors (Lipinski definition) is 1. The van der Waals surface area contributed by atoms with Crippen molar-refractivity contribution in [3.8, 4) is 11.4 Å². The Balaban J connectivity index is 2.58. The Morgan fingerprint density at radius 3 is 2.71 bits per heavy atom. The highest BCUT2D eigenvalue weighted by Gasteiger charge is 2.07. The number of nitrogens with zero attached hydrogens (tertiary/aromatic N) is 3. The minimum Gasteiger partial charge on any atom is -0.398 e. The quantitative estimate of drug-likeness (QED) is 0.688. The Morgan fingerprint density at radius 1 is 1.36 bits per heavy atom. The van der Waals surface area contributed by atoms with Crippen LogP contribution in [0.25, 0.3) is 11.4 Å². The van der Waals surface area contributed by atoms with Gasteiger partial charge in [-0.3, -0.25) is 0 Å². The number of anilines is 1. The molecule has 0 aliphatic carbocycles. The van der Waals surface area contributed by atoms with E-state index in [4.69, 9.17) is 5.73 Å². The van der Waals surface area contributed by atoms with Crippen LogP contribution in [-0.4, -0.2) is 14.8 Å². The highest BCUT2D eigenvalue weighted by Crippen LogP contribution is 2.23. The molecule has 1 aromatic heterocycles. The van der Waals surface area contributed by atoms with E-state index in [0.717, 1.165) is 22.6 Å². The molecule has 1 heterocycles. The van der Waals surface area contributed by atoms with E-state index in [9.17, 15) is 0 Å². The zero-order valence-corrected chi connectivity index (χ0v) is 8.23. The Morgan fingerprint density at radius 2 is 2.14 bits per heavy atom. The normalized spacial score (nSPS) is 10.4. The summed E-state index contributed by atoms with van der Waals surface area (Å²) in [6, 6.07) is 5.92. The summed E-state index contributed by atoms with van der Waals surface area (Å²) < 4.78 is 1.85. The molecular weight excluding hydrogens is 176 g/mol. The minimum atomic E-state index is 0.737. The van der Waals surface area contributed by atoms with Crippen molar-refractivity contribution in [1.29, 1.82) is 0 Å². The molecule has 4 nitrogen and oxygen atoms in total. The Hall–Kier alpha value is -1.84. The molecule has 0 fully saturated rings. The van der Waals surface area contributed by atoms with E-state index in [1.54, 1.807) is 6.33 Å². The average molecular weight is 188 g/mol. The molecule has 0 bridgehead atoms. The van der Waals surface area contributed by atoms with Crippen molar-refractivity contribution < 1.29 is 0 Å². The van der Waals surface area contributed by atoms with Gasteiger partial charge in [-0.25, -0.2) is 0 Å². The Bertz CT molecular complexity index is 459. The van der Waals surface area contributed by atoms with Crippen LogP contribution in [0.2, 0.25) is 0 Å². The van der Waals surface area contributed by atoms with E-state index in [0.29, 0.717) is 0 Å². The minimum absolute atomic E-state index is 0.737. The maximum atomic E-state index is 5.90. The first-order valence-corrected chi connectivity index (χ1v) is 4.39. The number of hydrogen-bond acceptors (Lipinski definition) is 3. The molecule has 1 aromatic carbocycles. The van der Waals surface area contributed by atoms with Crippen molar-refractivity contribution in [2.45, 2.75) is 6.92 Å². The fourth-order valence-electron chi connectivity index (χ4n) is 1.41. The molecule has 0 saturated heterocycles. The highest BCUT2D eigenvalue weighted by atomic mass is 15.2. The third-order valence-corrected chi connectivity index (χ3v) is 2.16. The van der Waals surface area contributed by atoms with Crippen LogP contribution in [0.1, 0.15) is 5.56 Å². The van der Waals surface area contributed by atoms with Crippen LogP contribution < -0.4 is 5.73 Å². The van der Waals surface area contributed by atoms with Crippen molar-refractivity contribution in [2.75, 3.05) is 5.73 Å². The van der Waals surface area contributed by atoms with Crippen molar-refractivity contribution in [2.24, 2.45) is 7.05 Å². The zero-order valence-electron chi connectivity index (χ0n) is 8.23. The summed E-state index contributed by atoms with van der Waals surface area (Å²) in [7, 11) is 1.90. The molecule has 4 heteroatoms. The fraction of sp³-hybridized carbons (Fsp3) is 0.200. The van der Waals surface area contributed by atoms with Crippen LogP contribution in [0.15, 0.2) is 24.5 Å². The molecule has 72 valence electrons. The molecule has 0 saturated carbocycles. The predicted molar refractivity (Wildman–Crippen MR) is 55.6 cm³/mol. The van der Waals surface area contributed by atoms with Gasteiger partial charge in [0, 0.05) is 18.3 Å². The number of rotatable bonds is 1. The van der Waals surface area contributed by atoms with E-state index in [2.05, 4.69) is 10.2 Å². The molecule has 0 aliphatic rings. The number of aryl methyl sites for hydroxylation is 2. The van der Waals surface area contributed by atoms with Gasteiger partial charge in [-0.15, -0.1) is 10.2 Å². The largest absolute Gasteiger partial charge is 0.398 e. The molecule has 2 N–H and O–H groups in total. The van der Waals surface area contributed by atoms with Crippen molar-refractivity contribution in [3.63, 3.8) is 0 Å². The summed E-state index contributed by atoms with van der Waals surface area (Å²) in [5.74, 6) is 0.794. The summed E-state index contributed by atoms with van der Waals surface area (Å²) in [6.45, 7) is 2.01. The van der Waals surface area contributed by atoms with E-state index < -0.39 is 0 Å². The summed E-state index contributed by atoms with van der Waals surface area (Å²) in [5.41, 5.74) is 8.71. The van der Waals surface area contributed by atoms with Crippen LogP contribution in [-0.2, 0) is 7.05 Å². The first-order valence-electron chi connectivity index (χ1n) is 4.39. The van der Waals surface area contributed by atoms with Crippen molar-refractivity contribution in [1.82, 2.24) is 14.8 Å². The molecule has 0 aliphatic heterocycles. The zero-order chi connectivity index (χ0) is 10.1. The lowest BCUT2D eigenvalue weighted by Gasteiger charge is -2.05. The second-order valence-electron chi connectivity index (χ2n) is 3.36. The van der Waals surface area contributed by atoms with Crippen molar-refractivity contribution >= 4 is 5.69 Å². The first-order chi connectivity index (χ1) is 6.68. The smallest absolute Gasteiger partial charge is 0.165 e. The number of nitrogens with two attached hydrogens (primary N) is 1. The third-order valence-electron chi connectivity index (χ3n) is 2.16. The van der Waals surface area contributed by atoms with Gasteiger partial charge in [-0.2, -0.15) is 0 Å². The Labute approximate surface area is 82.4 Å². The first kappa shape index (κ1) is 8.74. The molecule has 0 unspecified atom stereocenters. The molecule has 0 atom stereocenters. The van der Waals surface area contributed by atoms with E-state index in [1.165, 1.54) is 0 Å². The molecule has 2 rings (SSSR count). The van der Waals surface area contributed by atoms with Gasteiger partial charge in [-0.1, -0.05) is 6.07 Å². The third kappa shape index (κ3) is 1.35. The molecule has 0 spiro atoms. The topological polar surface area (TPSA) is 56.7 Å². The van der Waals surface area contributed by atoms with Gasteiger partial charge >= 0.3 is 0 Å². The maximum Gasteiger partial charge on any atom is 0.165 e. The van der Waals surface area contributed by atoms with Gasteiger partial charge in [0.15, 0.2) is 5.82 Å². The SMILES string of the molecule is Cc1ccc(-c2nncn2C)c(N)c1. The number of benzene rings is 1. The van der Waals surface area contributed by atoms with Gasteiger partial charge in [0.1, 0.15) is 6.33 Å². The lowest BCUT2D eigenvalue weighted by molar-refractivity contribution is 0.920. The second kappa shape index (κ2) is 3.14. The monoisotopic (exact) mass is 188 g/mol. The number of nitrogen functional groups attached to an aromatic ring is 1. The maximum absolute atomic E-state index is 5.90. The van der Waals surface area contributed by atoms with E-state index >= 15 is 0 Å². The summed E-state index contributed by atoms with van der Waals surface area (Å²) in [5, 5.41) is 7.83. The standard InChI is InChI=1S/C10H12N4/c1-7-3-4-8(9(11)5-7)10-13-12-6-14(10)2/h3-6H,11H2,1-2H3. The molecule has 0 radical (unpaired) electrons. The predicted octanol–water partition coefficient (Wildman–Crippen LogP) is 1.37. The summed E-state index contributed by atoms with van der Waals surface area (Å²) in [4.78, 5) is 0. The molecule has 14 heavy (non-hydrogen) atoms. The lowest BCUT2D eigenvalue weighted by atomic mass is 10.1. The molecule has 0 amide bonds. The van der Waals surface area contributed by atoms with Crippen LogP contribution in [0.3, 0.4) is 0 Å². The van der Waals surface area contributed by atoms with Crippen LogP contribution in [0, 0.1) is 6.92 Å². The van der Waals surface area contributed by atoms with Gasteiger partial charge in [0.2, 0.25) is 0 Å².